The molecular weight excluding hydrogens is 362 g/mol. The molecule has 1 heterocycles. The zero-order chi connectivity index (χ0) is 19.2. The molecule has 0 radical (unpaired) electrons. The van der Waals surface area contributed by atoms with Crippen molar-refractivity contribution in [3.63, 3.8) is 0 Å². The Balaban J connectivity index is 1.72. The van der Waals surface area contributed by atoms with Crippen molar-refractivity contribution in [2.75, 3.05) is 11.9 Å². The van der Waals surface area contributed by atoms with Gasteiger partial charge in [0.05, 0.1) is 0 Å². The molecule has 0 spiro atoms. The Hall–Kier alpha value is -3.18. The summed E-state index contributed by atoms with van der Waals surface area (Å²) in [6, 6.07) is 19.7. The Kier molecular flexibility index (Phi) is 5.84. The minimum Gasteiger partial charge on any atom is -0.347 e. The second-order valence-electron chi connectivity index (χ2n) is 5.90. The Bertz CT molecular complexity index is 960. The molecule has 6 heteroatoms. The average molecular weight is 380 g/mol. The van der Waals surface area contributed by atoms with E-state index in [0.29, 0.717) is 10.6 Å². The molecule has 0 aliphatic carbocycles. The third-order valence-electron chi connectivity index (χ3n) is 4.08. The summed E-state index contributed by atoms with van der Waals surface area (Å²) < 4.78 is 0. The van der Waals surface area contributed by atoms with Gasteiger partial charge < -0.3 is 10.2 Å². The number of rotatable bonds is 5. The number of pyridine rings is 1. The molecule has 0 aliphatic rings. The molecule has 0 saturated heterocycles. The lowest BCUT2D eigenvalue weighted by molar-refractivity contribution is 0.0946. The van der Waals surface area contributed by atoms with E-state index in [0.717, 1.165) is 11.3 Å². The molecule has 1 N–H and O–H groups in total. The van der Waals surface area contributed by atoms with E-state index in [9.17, 15) is 9.59 Å². The van der Waals surface area contributed by atoms with Gasteiger partial charge in [-0.15, -0.1) is 0 Å². The number of carbonyl (C=O) groups is 2. The first kappa shape index (κ1) is 18.6. The molecule has 0 saturated carbocycles. The summed E-state index contributed by atoms with van der Waals surface area (Å²) in [5, 5.41) is 3.35. The quantitative estimate of drug-likeness (QED) is 0.730. The highest BCUT2D eigenvalue weighted by Gasteiger charge is 2.16. The third-order valence-corrected chi connectivity index (χ3v) is 4.45. The molecule has 27 heavy (non-hydrogen) atoms. The number of benzene rings is 2. The molecule has 136 valence electrons. The number of amides is 2. The lowest BCUT2D eigenvalue weighted by Gasteiger charge is -2.17. The molecule has 3 rings (SSSR count). The zero-order valence-corrected chi connectivity index (χ0v) is 15.5. The van der Waals surface area contributed by atoms with Gasteiger partial charge in [0.25, 0.3) is 11.8 Å². The lowest BCUT2D eigenvalue weighted by atomic mass is 10.1. The van der Waals surface area contributed by atoms with E-state index in [2.05, 4.69) is 10.3 Å². The van der Waals surface area contributed by atoms with Crippen LogP contribution in [-0.4, -0.2) is 23.8 Å². The van der Waals surface area contributed by atoms with E-state index < -0.39 is 0 Å². The monoisotopic (exact) mass is 379 g/mol. The largest absolute Gasteiger partial charge is 0.347 e. The number of nitrogens with one attached hydrogen (secondary N) is 1. The van der Waals surface area contributed by atoms with Crippen LogP contribution < -0.4 is 10.2 Å². The third kappa shape index (κ3) is 4.51. The number of hydrogen-bond acceptors (Lipinski definition) is 3. The summed E-state index contributed by atoms with van der Waals surface area (Å²) >= 11 is 6.10. The number of anilines is 1. The predicted molar refractivity (Wildman–Crippen MR) is 106 cm³/mol. The van der Waals surface area contributed by atoms with Gasteiger partial charge in [-0.1, -0.05) is 48.0 Å². The van der Waals surface area contributed by atoms with Gasteiger partial charge in [-0.05, 0) is 35.9 Å². The molecule has 0 aliphatic heterocycles. The number of hydrogen-bond donors (Lipinski definition) is 1. The molecular formula is C21H18ClN3O2. The highest BCUT2D eigenvalue weighted by atomic mass is 35.5. The maximum Gasteiger partial charge on any atom is 0.270 e. The second kappa shape index (κ2) is 8.47. The van der Waals surface area contributed by atoms with E-state index in [1.807, 2.05) is 48.5 Å². The van der Waals surface area contributed by atoms with Crippen molar-refractivity contribution in [1.29, 1.82) is 0 Å². The van der Waals surface area contributed by atoms with Crippen molar-refractivity contribution < 1.29 is 9.59 Å². The van der Waals surface area contributed by atoms with Gasteiger partial charge in [0.1, 0.15) is 5.69 Å². The normalized spacial score (nSPS) is 10.3. The van der Waals surface area contributed by atoms with Crippen LogP contribution in [0.2, 0.25) is 5.02 Å². The van der Waals surface area contributed by atoms with Gasteiger partial charge in [0.2, 0.25) is 0 Å². The standard InChI is InChI=1S/C21H18ClN3O2/c1-25(17-8-3-2-4-9-17)21(27)15-11-12-23-19(13-15)20(26)24-14-16-7-5-6-10-18(16)22/h2-13H,14H2,1H3,(H,24,26). The smallest absolute Gasteiger partial charge is 0.270 e. The van der Waals surface area contributed by atoms with Crippen molar-refractivity contribution in [1.82, 2.24) is 10.3 Å². The fourth-order valence-electron chi connectivity index (χ4n) is 2.56. The molecule has 0 bridgehead atoms. The Morgan fingerprint density at radius 3 is 2.48 bits per heavy atom. The Labute approximate surface area is 162 Å². The summed E-state index contributed by atoms with van der Waals surface area (Å²) in [6.07, 6.45) is 1.45. The van der Waals surface area contributed by atoms with Crippen molar-refractivity contribution in [2.45, 2.75) is 6.54 Å². The minimum atomic E-state index is -0.369. The van der Waals surface area contributed by atoms with Gasteiger partial charge in [-0.3, -0.25) is 14.6 Å². The lowest BCUT2D eigenvalue weighted by Crippen LogP contribution is -2.28. The number of halogens is 1. The van der Waals surface area contributed by atoms with Crippen molar-refractivity contribution in [2.24, 2.45) is 0 Å². The fourth-order valence-corrected chi connectivity index (χ4v) is 2.76. The number of aromatic nitrogens is 1. The highest BCUT2D eigenvalue weighted by molar-refractivity contribution is 6.31. The molecule has 0 fully saturated rings. The van der Waals surface area contributed by atoms with Gasteiger partial charge in [-0.25, -0.2) is 0 Å². The molecule has 1 aromatic heterocycles. The summed E-state index contributed by atoms with van der Waals surface area (Å²) in [4.78, 5) is 30.7. The van der Waals surface area contributed by atoms with Gasteiger partial charge >= 0.3 is 0 Å². The maximum atomic E-state index is 12.7. The van der Waals surface area contributed by atoms with Gasteiger partial charge in [0, 0.05) is 36.1 Å². The molecule has 2 amide bonds. The van der Waals surface area contributed by atoms with Gasteiger partial charge in [0.15, 0.2) is 0 Å². The van der Waals surface area contributed by atoms with E-state index >= 15 is 0 Å². The maximum absolute atomic E-state index is 12.7. The molecule has 2 aromatic carbocycles. The Morgan fingerprint density at radius 1 is 1.04 bits per heavy atom. The van der Waals surface area contributed by atoms with E-state index in [1.165, 1.54) is 17.2 Å². The van der Waals surface area contributed by atoms with E-state index in [4.69, 9.17) is 11.6 Å². The van der Waals surface area contributed by atoms with Crippen LogP contribution in [0.25, 0.3) is 0 Å². The minimum absolute atomic E-state index is 0.175. The summed E-state index contributed by atoms with van der Waals surface area (Å²) in [6.45, 7) is 0.280. The number of nitrogens with zero attached hydrogens (tertiary/aromatic N) is 2. The van der Waals surface area contributed by atoms with Crippen LogP contribution in [0.1, 0.15) is 26.4 Å². The van der Waals surface area contributed by atoms with Crippen LogP contribution in [0, 0.1) is 0 Å². The van der Waals surface area contributed by atoms with Crippen LogP contribution in [0.15, 0.2) is 72.9 Å². The van der Waals surface area contributed by atoms with Crippen molar-refractivity contribution in [3.8, 4) is 0 Å². The van der Waals surface area contributed by atoms with Crippen LogP contribution >= 0.6 is 11.6 Å². The number of carbonyl (C=O) groups excluding carboxylic acids is 2. The second-order valence-corrected chi connectivity index (χ2v) is 6.31. The first-order valence-electron chi connectivity index (χ1n) is 8.37. The first-order chi connectivity index (χ1) is 13.1. The summed E-state index contributed by atoms with van der Waals surface area (Å²) in [5.41, 5.74) is 2.14. The van der Waals surface area contributed by atoms with Crippen molar-refractivity contribution in [3.05, 3.63) is 94.8 Å². The van der Waals surface area contributed by atoms with Crippen LogP contribution in [0.5, 0.6) is 0 Å². The van der Waals surface area contributed by atoms with Gasteiger partial charge in [-0.2, -0.15) is 0 Å². The molecule has 3 aromatic rings. The fraction of sp³-hybridized carbons (Fsp3) is 0.0952. The molecule has 5 nitrogen and oxygen atoms in total. The average Bonchev–Trinajstić information content (AvgIpc) is 2.72. The summed E-state index contributed by atoms with van der Waals surface area (Å²) in [7, 11) is 1.69. The molecule has 0 unspecified atom stereocenters. The van der Waals surface area contributed by atoms with Crippen LogP contribution in [-0.2, 0) is 6.54 Å². The topological polar surface area (TPSA) is 62.3 Å². The van der Waals surface area contributed by atoms with Crippen LogP contribution in [0.3, 0.4) is 0 Å². The van der Waals surface area contributed by atoms with Crippen LogP contribution in [0.4, 0.5) is 5.69 Å². The SMILES string of the molecule is CN(C(=O)c1ccnc(C(=O)NCc2ccccc2Cl)c1)c1ccccc1. The first-order valence-corrected chi connectivity index (χ1v) is 8.75. The van der Waals surface area contributed by atoms with E-state index in [-0.39, 0.29) is 24.1 Å². The van der Waals surface area contributed by atoms with E-state index in [1.54, 1.807) is 19.2 Å². The molecule has 0 atom stereocenters. The summed E-state index contributed by atoms with van der Waals surface area (Å²) in [5.74, 6) is -0.587. The van der Waals surface area contributed by atoms with Crippen molar-refractivity contribution >= 4 is 29.1 Å². The zero-order valence-electron chi connectivity index (χ0n) is 14.7. The predicted octanol–water partition coefficient (Wildman–Crippen LogP) is 3.94. The highest BCUT2D eigenvalue weighted by Crippen LogP contribution is 2.16. The number of para-hydroxylation sites is 1. The Morgan fingerprint density at radius 2 is 1.74 bits per heavy atom.